The van der Waals surface area contributed by atoms with E-state index in [2.05, 4.69) is 0 Å². The van der Waals surface area contributed by atoms with E-state index in [0.29, 0.717) is 6.61 Å². The van der Waals surface area contributed by atoms with Crippen molar-refractivity contribution in [2.75, 3.05) is 6.61 Å². The number of carbonyl (C=O) groups excluding carboxylic acids is 1. The molecule has 86 valence electrons. The second-order valence-corrected chi connectivity index (χ2v) is 4.91. The summed E-state index contributed by atoms with van der Waals surface area (Å²) in [5, 5.41) is 0. The predicted molar refractivity (Wildman–Crippen MR) is 65.9 cm³/mol. The zero-order valence-corrected chi connectivity index (χ0v) is 10.1. The van der Waals surface area contributed by atoms with E-state index in [1.807, 2.05) is 51.1 Å². The van der Waals surface area contributed by atoms with Gasteiger partial charge < -0.3 is 4.74 Å². The molecule has 0 spiro atoms. The molecule has 2 heteroatoms. The number of carbonyl (C=O) groups is 1. The van der Waals surface area contributed by atoms with Gasteiger partial charge in [0.05, 0.1) is 6.61 Å². The summed E-state index contributed by atoms with van der Waals surface area (Å²) >= 11 is 0. The van der Waals surface area contributed by atoms with Gasteiger partial charge in [0.1, 0.15) is 0 Å². The molecule has 0 heterocycles. The number of hydrogen-bond acceptors (Lipinski definition) is 2. The number of ether oxygens (including phenoxy) is 1. The SMILES string of the molecule is CC(C)(C)COC(=O)/C=C\c1ccccc1. The van der Waals surface area contributed by atoms with Gasteiger partial charge in [-0.3, -0.25) is 0 Å². The van der Waals surface area contributed by atoms with E-state index in [4.69, 9.17) is 4.74 Å². The van der Waals surface area contributed by atoms with Gasteiger partial charge in [-0.15, -0.1) is 0 Å². The van der Waals surface area contributed by atoms with Crippen molar-refractivity contribution in [2.45, 2.75) is 20.8 Å². The van der Waals surface area contributed by atoms with Crippen LogP contribution in [0.3, 0.4) is 0 Å². The fourth-order valence-electron chi connectivity index (χ4n) is 1.06. The van der Waals surface area contributed by atoms with Crippen molar-refractivity contribution in [3.8, 4) is 0 Å². The Kier molecular flexibility index (Phi) is 4.29. The first kappa shape index (κ1) is 12.5. The lowest BCUT2D eigenvalue weighted by atomic mass is 9.99. The lowest BCUT2D eigenvalue weighted by molar-refractivity contribution is -0.140. The molecule has 0 aromatic heterocycles. The Hall–Kier alpha value is -1.57. The summed E-state index contributed by atoms with van der Waals surface area (Å²) in [6.07, 6.45) is 3.21. The van der Waals surface area contributed by atoms with Crippen LogP contribution in [0.4, 0.5) is 0 Å². The molecule has 16 heavy (non-hydrogen) atoms. The Morgan fingerprint density at radius 1 is 1.25 bits per heavy atom. The van der Waals surface area contributed by atoms with E-state index >= 15 is 0 Å². The van der Waals surface area contributed by atoms with Crippen molar-refractivity contribution in [3.63, 3.8) is 0 Å². The first-order valence-corrected chi connectivity index (χ1v) is 5.37. The Morgan fingerprint density at radius 2 is 1.88 bits per heavy atom. The second kappa shape index (κ2) is 5.50. The molecule has 0 aliphatic heterocycles. The van der Waals surface area contributed by atoms with E-state index in [9.17, 15) is 4.79 Å². The molecule has 0 fully saturated rings. The smallest absolute Gasteiger partial charge is 0.330 e. The number of rotatable bonds is 3. The first-order chi connectivity index (χ1) is 7.47. The number of hydrogen-bond donors (Lipinski definition) is 0. The Labute approximate surface area is 96.9 Å². The van der Waals surface area contributed by atoms with Crippen LogP contribution in [-0.2, 0) is 9.53 Å². The van der Waals surface area contributed by atoms with Crippen LogP contribution in [0.15, 0.2) is 36.4 Å². The van der Waals surface area contributed by atoms with Crippen molar-refractivity contribution < 1.29 is 9.53 Å². The third kappa shape index (κ3) is 5.35. The van der Waals surface area contributed by atoms with Crippen molar-refractivity contribution in [1.82, 2.24) is 0 Å². The molecule has 2 nitrogen and oxygen atoms in total. The molecule has 0 aliphatic carbocycles. The minimum atomic E-state index is -0.293. The molecule has 0 radical (unpaired) electrons. The Balaban J connectivity index is 2.43. The first-order valence-electron chi connectivity index (χ1n) is 5.37. The van der Waals surface area contributed by atoms with Crippen LogP contribution >= 0.6 is 0 Å². The topological polar surface area (TPSA) is 26.3 Å². The van der Waals surface area contributed by atoms with Crippen LogP contribution in [0.1, 0.15) is 26.3 Å². The summed E-state index contributed by atoms with van der Waals surface area (Å²) in [6, 6.07) is 9.68. The highest BCUT2D eigenvalue weighted by Crippen LogP contribution is 2.13. The zero-order chi connectivity index (χ0) is 12.0. The maximum atomic E-state index is 11.4. The van der Waals surface area contributed by atoms with Gasteiger partial charge in [0, 0.05) is 6.08 Å². The van der Waals surface area contributed by atoms with Crippen LogP contribution in [0.2, 0.25) is 0 Å². The lowest BCUT2D eigenvalue weighted by Crippen LogP contribution is -2.17. The van der Waals surface area contributed by atoms with Gasteiger partial charge in [-0.05, 0) is 17.1 Å². The van der Waals surface area contributed by atoms with Crippen molar-refractivity contribution >= 4 is 12.0 Å². The van der Waals surface area contributed by atoms with Gasteiger partial charge in [0.15, 0.2) is 0 Å². The molecule has 1 rings (SSSR count). The molecule has 0 saturated carbocycles. The zero-order valence-electron chi connectivity index (χ0n) is 10.1. The number of benzene rings is 1. The molecule has 0 atom stereocenters. The highest BCUT2D eigenvalue weighted by Gasteiger charge is 2.12. The van der Waals surface area contributed by atoms with E-state index in [1.54, 1.807) is 6.08 Å². The summed E-state index contributed by atoms with van der Waals surface area (Å²) in [4.78, 5) is 11.4. The fraction of sp³-hybridized carbons (Fsp3) is 0.357. The third-order valence-electron chi connectivity index (χ3n) is 1.86. The Morgan fingerprint density at radius 3 is 2.44 bits per heavy atom. The summed E-state index contributed by atoms with van der Waals surface area (Å²) in [5.74, 6) is -0.293. The molecule has 0 saturated heterocycles. The molecule has 1 aromatic carbocycles. The highest BCUT2D eigenvalue weighted by molar-refractivity contribution is 5.87. The van der Waals surface area contributed by atoms with E-state index in [1.165, 1.54) is 6.08 Å². The van der Waals surface area contributed by atoms with Gasteiger partial charge in [0.25, 0.3) is 0 Å². The monoisotopic (exact) mass is 218 g/mol. The van der Waals surface area contributed by atoms with Crippen LogP contribution in [-0.4, -0.2) is 12.6 Å². The average Bonchev–Trinajstić information content (AvgIpc) is 2.24. The van der Waals surface area contributed by atoms with E-state index < -0.39 is 0 Å². The van der Waals surface area contributed by atoms with Gasteiger partial charge in [-0.25, -0.2) is 4.79 Å². The summed E-state index contributed by atoms with van der Waals surface area (Å²) < 4.78 is 5.10. The molecule has 1 aromatic rings. The largest absolute Gasteiger partial charge is 0.462 e. The van der Waals surface area contributed by atoms with Crippen LogP contribution < -0.4 is 0 Å². The molecule has 0 unspecified atom stereocenters. The van der Waals surface area contributed by atoms with Crippen LogP contribution in [0, 0.1) is 5.41 Å². The molecule has 0 bridgehead atoms. The van der Waals surface area contributed by atoms with E-state index in [-0.39, 0.29) is 11.4 Å². The van der Waals surface area contributed by atoms with Crippen molar-refractivity contribution in [3.05, 3.63) is 42.0 Å². The number of esters is 1. The molecular formula is C14H18O2. The van der Waals surface area contributed by atoms with E-state index in [0.717, 1.165) is 5.56 Å². The molecule has 0 amide bonds. The third-order valence-corrected chi connectivity index (χ3v) is 1.86. The van der Waals surface area contributed by atoms with Crippen LogP contribution in [0.25, 0.3) is 6.08 Å². The molecule has 0 N–H and O–H groups in total. The highest BCUT2D eigenvalue weighted by atomic mass is 16.5. The summed E-state index contributed by atoms with van der Waals surface area (Å²) in [7, 11) is 0. The molecule has 0 aliphatic rings. The fourth-order valence-corrected chi connectivity index (χ4v) is 1.06. The molecular weight excluding hydrogens is 200 g/mol. The standard InChI is InChI=1S/C14H18O2/c1-14(2,3)11-16-13(15)10-9-12-7-5-4-6-8-12/h4-10H,11H2,1-3H3/b10-9-. The van der Waals surface area contributed by atoms with Gasteiger partial charge in [-0.2, -0.15) is 0 Å². The minimum absolute atomic E-state index is 0.0102. The predicted octanol–water partition coefficient (Wildman–Crippen LogP) is 3.29. The van der Waals surface area contributed by atoms with Gasteiger partial charge in [-0.1, -0.05) is 51.1 Å². The summed E-state index contributed by atoms with van der Waals surface area (Å²) in [6.45, 7) is 6.52. The van der Waals surface area contributed by atoms with Gasteiger partial charge in [0.2, 0.25) is 0 Å². The lowest BCUT2D eigenvalue weighted by Gasteiger charge is -2.16. The maximum Gasteiger partial charge on any atom is 0.330 e. The van der Waals surface area contributed by atoms with Crippen LogP contribution in [0.5, 0.6) is 0 Å². The van der Waals surface area contributed by atoms with Crippen molar-refractivity contribution in [2.24, 2.45) is 5.41 Å². The Bertz CT molecular complexity index is 358. The average molecular weight is 218 g/mol. The summed E-state index contributed by atoms with van der Waals surface area (Å²) in [5.41, 5.74) is 1.01. The normalized spacial score (nSPS) is 11.7. The minimum Gasteiger partial charge on any atom is -0.462 e. The van der Waals surface area contributed by atoms with Gasteiger partial charge >= 0.3 is 5.97 Å². The second-order valence-electron chi connectivity index (χ2n) is 4.91. The quantitative estimate of drug-likeness (QED) is 0.575. The maximum absolute atomic E-state index is 11.4. The van der Waals surface area contributed by atoms with Crippen molar-refractivity contribution in [1.29, 1.82) is 0 Å².